The maximum atomic E-state index is 13.5. The summed E-state index contributed by atoms with van der Waals surface area (Å²) in [5.41, 5.74) is 4.17. The molecule has 0 atom stereocenters. The zero-order chi connectivity index (χ0) is 22.1. The Balaban J connectivity index is 1.41. The van der Waals surface area contributed by atoms with Gasteiger partial charge in [0.15, 0.2) is 0 Å². The third-order valence-corrected chi connectivity index (χ3v) is 6.81. The highest BCUT2D eigenvalue weighted by Crippen LogP contribution is 2.35. The van der Waals surface area contributed by atoms with Crippen molar-refractivity contribution < 1.29 is 9.59 Å². The Kier molecular flexibility index (Phi) is 5.49. The van der Waals surface area contributed by atoms with Crippen molar-refractivity contribution >= 4 is 34.4 Å². The largest absolute Gasteiger partial charge is 0.368 e. The number of carbonyl (C=O) groups is 2. The highest BCUT2D eigenvalue weighted by molar-refractivity contribution is 7.11. The van der Waals surface area contributed by atoms with Crippen LogP contribution in [0.15, 0.2) is 71.9 Å². The first-order valence-electron chi connectivity index (χ1n) is 10.7. The molecule has 0 radical (unpaired) electrons. The van der Waals surface area contributed by atoms with Crippen molar-refractivity contribution in [1.82, 2.24) is 14.8 Å². The van der Waals surface area contributed by atoms with Gasteiger partial charge in [-0.2, -0.15) is 0 Å². The molecule has 2 aromatic heterocycles. The first-order valence-corrected chi connectivity index (χ1v) is 11.6. The van der Waals surface area contributed by atoms with Crippen molar-refractivity contribution in [3.05, 3.63) is 88.0 Å². The first kappa shape index (κ1) is 20.5. The van der Waals surface area contributed by atoms with Crippen LogP contribution in [0.2, 0.25) is 0 Å². The number of thiophene rings is 1. The van der Waals surface area contributed by atoms with Crippen molar-refractivity contribution in [2.75, 3.05) is 31.1 Å². The molecule has 0 spiro atoms. The van der Waals surface area contributed by atoms with Gasteiger partial charge in [-0.1, -0.05) is 24.3 Å². The Bertz CT molecular complexity index is 1170. The fourth-order valence-electron chi connectivity index (χ4n) is 4.31. The van der Waals surface area contributed by atoms with E-state index in [0.717, 1.165) is 18.0 Å². The van der Waals surface area contributed by atoms with E-state index in [0.29, 0.717) is 30.1 Å². The van der Waals surface area contributed by atoms with Gasteiger partial charge in [0.25, 0.3) is 11.8 Å². The van der Waals surface area contributed by atoms with Crippen LogP contribution in [0.5, 0.6) is 0 Å². The van der Waals surface area contributed by atoms with Crippen LogP contribution in [-0.2, 0) is 16.1 Å². The molecule has 1 fully saturated rings. The molecule has 0 bridgehead atoms. The average Bonchev–Trinajstić information content (AvgIpc) is 3.42. The lowest BCUT2D eigenvalue weighted by atomic mass is 10.1. The molecule has 5 rings (SSSR count). The standard InChI is InChI=1S/C25H24N4O2S/c1-18-6-4-8-20(16-18)27-11-13-28(14-12-27)23-22(21-9-5-15-32-21)24(30)29(25(23)31)17-19-7-2-3-10-26-19/h2-10,15-16H,11-14,17H2,1H3. The first-order chi connectivity index (χ1) is 15.6. The van der Waals surface area contributed by atoms with E-state index >= 15 is 0 Å². The van der Waals surface area contributed by atoms with Gasteiger partial charge in [-0.15, -0.1) is 11.3 Å². The van der Waals surface area contributed by atoms with E-state index < -0.39 is 0 Å². The van der Waals surface area contributed by atoms with Gasteiger partial charge < -0.3 is 9.80 Å². The number of pyridine rings is 1. The van der Waals surface area contributed by atoms with Gasteiger partial charge in [0, 0.05) is 42.9 Å². The van der Waals surface area contributed by atoms with E-state index in [1.807, 2.05) is 35.7 Å². The minimum absolute atomic E-state index is 0.181. The average molecular weight is 445 g/mol. The van der Waals surface area contributed by atoms with Crippen LogP contribution >= 0.6 is 11.3 Å². The van der Waals surface area contributed by atoms with E-state index in [9.17, 15) is 9.59 Å². The normalized spacial score (nSPS) is 17.0. The zero-order valence-corrected chi connectivity index (χ0v) is 18.7. The Hall–Kier alpha value is -3.45. The Morgan fingerprint density at radius 1 is 0.906 bits per heavy atom. The predicted molar refractivity (Wildman–Crippen MR) is 126 cm³/mol. The van der Waals surface area contributed by atoms with Crippen LogP contribution in [-0.4, -0.2) is 52.8 Å². The summed E-state index contributed by atoms with van der Waals surface area (Å²) < 4.78 is 0. The monoisotopic (exact) mass is 444 g/mol. The maximum absolute atomic E-state index is 13.5. The van der Waals surface area contributed by atoms with Crippen LogP contribution in [0.3, 0.4) is 0 Å². The quantitative estimate of drug-likeness (QED) is 0.564. The molecule has 1 saturated heterocycles. The molecule has 162 valence electrons. The van der Waals surface area contributed by atoms with Gasteiger partial charge in [-0.05, 0) is 48.2 Å². The SMILES string of the molecule is Cc1cccc(N2CCN(C3=C(c4cccs4)C(=O)N(Cc4ccccn4)C3=O)CC2)c1. The minimum Gasteiger partial charge on any atom is -0.368 e. The number of piperazine rings is 1. The number of aryl methyl sites for hydroxylation is 1. The number of hydrogen-bond acceptors (Lipinski definition) is 6. The lowest BCUT2D eigenvalue weighted by molar-refractivity contribution is -0.138. The second kappa shape index (κ2) is 8.59. The van der Waals surface area contributed by atoms with Gasteiger partial charge in [0.05, 0.1) is 17.8 Å². The smallest absolute Gasteiger partial charge is 0.278 e. The number of hydrogen-bond donors (Lipinski definition) is 0. The molecule has 2 amide bonds. The highest BCUT2D eigenvalue weighted by atomic mass is 32.1. The van der Waals surface area contributed by atoms with Gasteiger partial charge in [0.1, 0.15) is 5.70 Å². The van der Waals surface area contributed by atoms with E-state index in [1.165, 1.54) is 27.5 Å². The molecular formula is C25H24N4O2S. The summed E-state index contributed by atoms with van der Waals surface area (Å²) in [6.45, 7) is 5.25. The number of imide groups is 1. The number of benzene rings is 1. The summed E-state index contributed by atoms with van der Waals surface area (Å²) in [5.74, 6) is -0.465. The lowest BCUT2D eigenvalue weighted by Gasteiger charge is -2.37. The van der Waals surface area contributed by atoms with E-state index in [-0.39, 0.29) is 18.4 Å². The zero-order valence-electron chi connectivity index (χ0n) is 17.9. The van der Waals surface area contributed by atoms with Crippen molar-refractivity contribution in [1.29, 1.82) is 0 Å². The fraction of sp³-hybridized carbons (Fsp3) is 0.240. The second-order valence-electron chi connectivity index (χ2n) is 8.03. The molecular weight excluding hydrogens is 420 g/mol. The fourth-order valence-corrected chi connectivity index (χ4v) is 5.07. The molecule has 0 N–H and O–H groups in total. The summed E-state index contributed by atoms with van der Waals surface area (Å²) in [6.07, 6.45) is 1.68. The van der Waals surface area contributed by atoms with Gasteiger partial charge in [0.2, 0.25) is 0 Å². The predicted octanol–water partition coefficient (Wildman–Crippen LogP) is 3.55. The Labute approximate surface area is 191 Å². The number of carbonyl (C=O) groups excluding carboxylic acids is 2. The molecule has 0 unspecified atom stereocenters. The van der Waals surface area contributed by atoms with E-state index in [2.05, 4.69) is 46.0 Å². The summed E-state index contributed by atoms with van der Waals surface area (Å²) >= 11 is 1.49. The number of anilines is 1. The van der Waals surface area contributed by atoms with Crippen molar-refractivity contribution in [2.24, 2.45) is 0 Å². The third kappa shape index (κ3) is 3.80. The van der Waals surface area contributed by atoms with E-state index in [1.54, 1.807) is 6.20 Å². The summed E-state index contributed by atoms with van der Waals surface area (Å²) in [5, 5.41) is 1.94. The summed E-state index contributed by atoms with van der Waals surface area (Å²) in [6, 6.07) is 17.8. The molecule has 1 aromatic carbocycles. The van der Waals surface area contributed by atoms with Crippen LogP contribution in [0.25, 0.3) is 5.57 Å². The molecule has 2 aliphatic rings. The molecule has 0 saturated carbocycles. The Morgan fingerprint density at radius 2 is 1.72 bits per heavy atom. The molecule has 0 aliphatic carbocycles. The van der Waals surface area contributed by atoms with Crippen molar-refractivity contribution in [2.45, 2.75) is 13.5 Å². The van der Waals surface area contributed by atoms with Gasteiger partial charge in [-0.3, -0.25) is 19.5 Å². The van der Waals surface area contributed by atoms with Crippen LogP contribution in [0, 0.1) is 6.92 Å². The van der Waals surface area contributed by atoms with Crippen LogP contribution < -0.4 is 4.90 Å². The van der Waals surface area contributed by atoms with Crippen molar-refractivity contribution in [3.8, 4) is 0 Å². The maximum Gasteiger partial charge on any atom is 0.278 e. The number of aromatic nitrogens is 1. The molecule has 3 aromatic rings. The highest BCUT2D eigenvalue weighted by Gasteiger charge is 2.42. The number of nitrogens with zero attached hydrogens (tertiary/aromatic N) is 4. The summed E-state index contributed by atoms with van der Waals surface area (Å²) in [7, 11) is 0. The molecule has 7 heteroatoms. The second-order valence-corrected chi connectivity index (χ2v) is 8.98. The molecule has 6 nitrogen and oxygen atoms in total. The number of amides is 2. The summed E-state index contributed by atoms with van der Waals surface area (Å²) in [4.78, 5) is 37.8. The van der Waals surface area contributed by atoms with Gasteiger partial charge in [-0.25, -0.2) is 0 Å². The van der Waals surface area contributed by atoms with Gasteiger partial charge >= 0.3 is 0 Å². The minimum atomic E-state index is -0.237. The molecule has 2 aliphatic heterocycles. The molecule has 32 heavy (non-hydrogen) atoms. The topological polar surface area (TPSA) is 56.8 Å². The Morgan fingerprint density at radius 3 is 2.41 bits per heavy atom. The lowest BCUT2D eigenvalue weighted by Crippen LogP contribution is -2.47. The van der Waals surface area contributed by atoms with E-state index in [4.69, 9.17) is 0 Å². The number of rotatable bonds is 5. The third-order valence-electron chi connectivity index (χ3n) is 5.92. The molecule has 4 heterocycles. The van der Waals surface area contributed by atoms with Crippen LogP contribution in [0.1, 0.15) is 16.1 Å². The van der Waals surface area contributed by atoms with Crippen molar-refractivity contribution in [3.63, 3.8) is 0 Å². The van der Waals surface area contributed by atoms with Crippen LogP contribution in [0.4, 0.5) is 5.69 Å².